The van der Waals surface area contributed by atoms with Gasteiger partial charge in [0.15, 0.2) is 5.65 Å². The zero-order chi connectivity index (χ0) is 17.3. The number of aromatic nitrogens is 3. The Hall–Kier alpha value is -1.83. The highest BCUT2D eigenvalue weighted by Gasteiger charge is 2.25. The van der Waals surface area contributed by atoms with Gasteiger partial charge in [-0.05, 0) is 49.5 Å². The fourth-order valence-corrected chi connectivity index (χ4v) is 3.20. The number of alkyl carbamates (subject to hydrolysis) is 1. The molecule has 8 heteroatoms. The molecule has 1 N–H and O–H groups in total. The van der Waals surface area contributed by atoms with E-state index >= 15 is 0 Å². The second-order valence-electron chi connectivity index (χ2n) is 6.93. The molecule has 1 aliphatic rings. The van der Waals surface area contributed by atoms with Crippen LogP contribution in [-0.4, -0.2) is 45.2 Å². The minimum atomic E-state index is -0.473. The van der Waals surface area contributed by atoms with Crippen LogP contribution >= 0.6 is 15.9 Å². The van der Waals surface area contributed by atoms with E-state index in [-0.39, 0.29) is 12.1 Å². The molecule has 0 unspecified atom stereocenters. The first-order valence-corrected chi connectivity index (χ1v) is 8.85. The summed E-state index contributed by atoms with van der Waals surface area (Å²) >= 11 is 3.47. The van der Waals surface area contributed by atoms with E-state index in [9.17, 15) is 4.79 Å². The van der Waals surface area contributed by atoms with Gasteiger partial charge in [0.1, 0.15) is 5.60 Å². The van der Waals surface area contributed by atoms with E-state index in [2.05, 4.69) is 36.1 Å². The van der Waals surface area contributed by atoms with Gasteiger partial charge in [-0.15, -0.1) is 0 Å². The van der Waals surface area contributed by atoms with Crippen LogP contribution in [0.3, 0.4) is 0 Å². The van der Waals surface area contributed by atoms with Crippen LogP contribution in [0.25, 0.3) is 5.65 Å². The van der Waals surface area contributed by atoms with E-state index in [1.54, 1.807) is 12.4 Å². The van der Waals surface area contributed by atoms with Crippen LogP contribution < -0.4 is 10.2 Å². The summed E-state index contributed by atoms with van der Waals surface area (Å²) in [7, 11) is 0. The largest absolute Gasteiger partial charge is 0.444 e. The third kappa shape index (κ3) is 3.80. The maximum Gasteiger partial charge on any atom is 0.407 e. The molecule has 1 amide bonds. The lowest BCUT2D eigenvalue weighted by Crippen LogP contribution is -2.46. The third-order valence-electron chi connectivity index (χ3n) is 3.86. The molecule has 24 heavy (non-hydrogen) atoms. The number of ether oxygens (including phenoxy) is 1. The number of anilines is 1. The fraction of sp³-hybridized carbons (Fsp3) is 0.562. The molecule has 2 aromatic heterocycles. The van der Waals surface area contributed by atoms with E-state index in [1.165, 1.54) is 0 Å². The summed E-state index contributed by atoms with van der Waals surface area (Å²) in [5, 5.41) is 2.95. The molecule has 0 bridgehead atoms. The van der Waals surface area contributed by atoms with E-state index in [0.29, 0.717) is 0 Å². The Morgan fingerprint density at radius 3 is 2.71 bits per heavy atom. The van der Waals surface area contributed by atoms with E-state index in [1.807, 2.05) is 31.4 Å². The number of fused-ring (bicyclic) bond motifs is 1. The van der Waals surface area contributed by atoms with Gasteiger partial charge in [-0.25, -0.2) is 14.8 Å². The van der Waals surface area contributed by atoms with E-state index < -0.39 is 5.60 Å². The molecule has 3 heterocycles. The molecule has 0 radical (unpaired) electrons. The number of imidazole rings is 1. The molecule has 7 nitrogen and oxygen atoms in total. The third-order valence-corrected chi connectivity index (χ3v) is 4.42. The molecule has 1 fully saturated rings. The number of carbonyl (C=O) groups excluding carboxylic acids is 1. The summed E-state index contributed by atoms with van der Waals surface area (Å²) in [6, 6.07) is 0.129. The predicted octanol–water partition coefficient (Wildman–Crippen LogP) is 2.99. The van der Waals surface area contributed by atoms with Gasteiger partial charge in [0.05, 0.1) is 4.47 Å². The summed E-state index contributed by atoms with van der Waals surface area (Å²) in [6.45, 7) is 7.24. The number of halogens is 1. The first-order valence-electron chi connectivity index (χ1n) is 8.05. The number of nitrogens with zero attached hydrogens (tertiary/aromatic N) is 4. The molecule has 0 atom stereocenters. The molecule has 0 aliphatic carbocycles. The molecule has 130 valence electrons. The van der Waals surface area contributed by atoms with Crippen molar-refractivity contribution in [1.29, 1.82) is 0 Å². The molecule has 1 saturated heterocycles. The maximum atomic E-state index is 11.9. The van der Waals surface area contributed by atoms with E-state index in [0.717, 1.165) is 42.0 Å². The highest BCUT2D eigenvalue weighted by Crippen LogP contribution is 2.23. The Morgan fingerprint density at radius 2 is 2.04 bits per heavy atom. The minimum absolute atomic E-state index is 0.129. The summed E-state index contributed by atoms with van der Waals surface area (Å²) in [5.41, 5.74) is 0.383. The first-order chi connectivity index (χ1) is 11.3. The van der Waals surface area contributed by atoms with Crippen molar-refractivity contribution in [2.24, 2.45) is 0 Å². The molecule has 0 aromatic carbocycles. The van der Waals surface area contributed by atoms with Gasteiger partial charge >= 0.3 is 6.09 Å². The van der Waals surface area contributed by atoms with Gasteiger partial charge in [0, 0.05) is 37.7 Å². The molecule has 3 rings (SSSR count). The van der Waals surface area contributed by atoms with Crippen LogP contribution in [0.15, 0.2) is 23.1 Å². The standard InChI is InChI=1S/C16H22BrN5O2/c1-16(2,3)24-15(23)20-11-4-7-21(8-5-11)14-19-10-12(17)13-18-6-9-22(13)14/h6,9-11H,4-5,7-8H2,1-3H3,(H,20,23). The SMILES string of the molecule is CC(C)(C)OC(=O)NC1CCN(c2ncc(Br)c3nccn23)CC1. The van der Waals surface area contributed by atoms with Crippen LogP contribution in [0.5, 0.6) is 0 Å². The minimum Gasteiger partial charge on any atom is -0.444 e. The lowest BCUT2D eigenvalue weighted by atomic mass is 10.1. The number of piperidine rings is 1. The molecular weight excluding hydrogens is 374 g/mol. The van der Waals surface area contributed by atoms with Crippen LogP contribution in [0.2, 0.25) is 0 Å². The molecule has 0 saturated carbocycles. The van der Waals surface area contributed by atoms with Crippen LogP contribution in [0, 0.1) is 0 Å². The van der Waals surface area contributed by atoms with Gasteiger partial charge in [0.25, 0.3) is 0 Å². The van der Waals surface area contributed by atoms with Gasteiger partial charge in [0.2, 0.25) is 5.95 Å². The summed E-state index contributed by atoms with van der Waals surface area (Å²) in [4.78, 5) is 23.0. The van der Waals surface area contributed by atoms with E-state index in [4.69, 9.17) is 4.74 Å². The van der Waals surface area contributed by atoms with Crippen molar-refractivity contribution in [2.75, 3.05) is 18.0 Å². The van der Waals surface area contributed by atoms with Crippen LogP contribution in [-0.2, 0) is 4.74 Å². The number of hydrogen-bond acceptors (Lipinski definition) is 5. The topological polar surface area (TPSA) is 71.8 Å². The van der Waals surface area contributed by atoms with Crippen molar-refractivity contribution >= 4 is 33.6 Å². The summed E-state index contributed by atoms with van der Waals surface area (Å²) in [5.74, 6) is 0.876. The Labute approximate surface area is 149 Å². The van der Waals surface area contributed by atoms with Gasteiger partial charge in [-0.2, -0.15) is 0 Å². The van der Waals surface area contributed by atoms with Crippen molar-refractivity contribution in [3.8, 4) is 0 Å². The van der Waals surface area contributed by atoms with Crippen LogP contribution in [0.1, 0.15) is 33.6 Å². The van der Waals surface area contributed by atoms with Crippen molar-refractivity contribution < 1.29 is 9.53 Å². The smallest absolute Gasteiger partial charge is 0.407 e. The predicted molar refractivity (Wildman–Crippen MR) is 95.3 cm³/mol. The monoisotopic (exact) mass is 395 g/mol. The second-order valence-corrected chi connectivity index (χ2v) is 7.79. The Morgan fingerprint density at radius 1 is 1.33 bits per heavy atom. The molecule has 1 aliphatic heterocycles. The average molecular weight is 396 g/mol. The molecule has 2 aromatic rings. The van der Waals surface area contributed by atoms with Gasteiger partial charge < -0.3 is 15.0 Å². The number of carbonyl (C=O) groups is 1. The normalized spacial score (nSPS) is 16.4. The van der Waals surface area contributed by atoms with Gasteiger partial charge in [-0.1, -0.05) is 0 Å². The Balaban J connectivity index is 1.62. The number of rotatable bonds is 2. The number of hydrogen-bond donors (Lipinski definition) is 1. The Bertz CT molecular complexity index is 732. The average Bonchev–Trinajstić information content (AvgIpc) is 2.97. The quantitative estimate of drug-likeness (QED) is 0.845. The first kappa shape index (κ1) is 17.0. The zero-order valence-corrected chi connectivity index (χ0v) is 15.7. The number of nitrogens with one attached hydrogen (secondary N) is 1. The fourth-order valence-electron chi connectivity index (χ4n) is 2.81. The highest BCUT2D eigenvalue weighted by molar-refractivity contribution is 9.10. The van der Waals surface area contributed by atoms with Crippen LogP contribution in [0.4, 0.5) is 10.7 Å². The summed E-state index contributed by atoms with van der Waals surface area (Å²) < 4.78 is 8.17. The molecule has 0 spiro atoms. The van der Waals surface area contributed by atoms with Crippen molar-refractivity contribution in [3.05, 3.63) is 23.1 Å². The molecular formula is C16H22BrN5O2. The lowest BCUT2D eigenvalue weighted by molar-refractivity contribution is 0.0497. The van der Waals surface area contributed by atoms with Crippen molar-refractivity contribution in [3.63, 3.8) is 0 Å². The van der Waals surface area contributed by atoms with Crippen molar-refractivity contribution in [2.45, 2.75) is 45.3 Å². The highest BCUT2D eigenvalue weighted by atomic mass is 79.9. The van der Waals surface area contributed by atoms with Gasteiger partial charge in [-0.3, -0.25) is 4.40 Å². The second kappa shape index (κ2) is 6.58. The summed E-state index contributed by atoms with van der Waals surface area (Å²) in [6.07, 6.45) is 6.82. The zero-order valence-electron chi connectivity index (χ0n) is 14.1. The lowest BCUT2D eigenvalue weighted by Gasteiger charge is -2.33. The van der Waals surface area contributed by atoms with Crippen molar-refractivity contribution in [1.82, 2.24) is 19.7 Å². The maximum absolute atomic E-state index is 11.9. The Kier molecular flexibility index (Phi) is 4.67. The number of amides is 1.